The highest BCUT2D eigenvalue weighted by atomic mass is 32.2. The Hall–Kier alpha value is -3.46. The number of hydrogen-bond donors (Lipinski definition) is 2. The maximum Gasteiger partial charge on any atom is 0.394 e. The maximum absolute atomic E-state index is 13.6. The second kappa shape index (κ2) is 12.0. The van der Waals surface area contributed by atoms with Crippen molar-refractivity contribution in [1.29, 1.82) is 0 Å². The minimum atomic E-state index is -4.32. The van der Waals surface area contributed by atoms with Crippen LogP contribution in [-0.4, -0.2) is 74.3 Å². The monoisotopic (exact) mass is 664 g/mol. The van der Waals surface area contributed by atoms with Gasteiger partial charge in [0.15, 0.2) is 5.03 Å². The summed E-state index contributed by atoms with van der Waals surface area (Å²) in [5.41, 5.74) is -1.98. The summed E-state index contributed by atoms with van der Waals surface area (Å²) in [4.78, 5) is 39.4. The first-order valence-electron chi connectivity index (χ1n) is 15.8. The van der Waals surface area contributed by atoms with Crippen LogP contribution in [0.3, 0.4) is 0 Å². The van der Waals surface area contributed by atoms with Crippen molar-refractivity contribution in [3.8, 4) is 0 Å². The predicted molar refractivity (Wildman–Crippen MR) is 164 cm³/mol. The fourth-order valence-electron chi connectivity index (χ4n) is 6.92. The topological polar surface area (TPSA) is 134 Å². The molecule has 3 aliphatic heterocycles. The fraction of sp³-hybridized carbons (Fsp3) is 0.613. The van der Waals surface area contributed by atoms with Crippen LogP contribution >= 0.6 is 0 Å². The van der Waals surface area contributed by atoms with E-state index in [2.05, 4.69) is 15.0 Å². The van der Waals surface area contributed by atoms with Crippen LogP contribution in [0.2, 0.25) is 0 Å². The lowest BCUT2D eigenvalue weighted by atomic mass is 9.93. The van der Waals surface area contributed by atoms with E-state index < -0.39 is 39.2 Å². The number of amides is 2. The number of nitrogens with one attached hydrogen (secondary N) is 2. The molecule has 2 saturated heterocycles. The highest BCUT2D eigenvalue weighted by Crippen LogP contribution is 2.60. The Labute approximate surface area is 266 Å². The van der Waals surface area contributed by atoms with Gasteiger partial charge in [0.05, 0.1) is 11.0 Å². The van der Waals surface area contributed by atoms with Crippen molar-refractivity contribution in [3.05, 3.63) is 35.9 Å². The summed E-state index contributed by atoms with van der Waals surface area (Å²) in [5, 5.41) is 2.87. The van der Waals surface area contributed by atoms with E-state index >= 15 is 0 Å². The molecular weight excluding hydrogens is 625 g/mol. The van der Waals surface area contributed by atoms with E-state index in [-0.39, 0.29) is 72.9 Å². The highest BCUT2D eigenvalue weighted by molar-refractivity contribution is 7.90. The van der Waals surface area contributed by atoms with Gasteiger partial charge in [-0.15, -0.1) is 0 Å². The number of ether oxygens (including phenoxy) is 1. The molecule has 0 aromatic carbocycles. The molecule has 0 radical (unpaired) electrons. The molecule has 250 valence electrons. The zero-order chi connectivity index (χ0) is 32.9. The predicted octanol–water partition coefficient (Wildman–Crippen LogP) is 4.65. The summed E-state index contributed by atoms with van der Waals surface area (Å²) in [6.45, 7) is 5.61. The van der Waals surface area contributed by atoms with E-state index in [1.165, 1.54) is 23.1 Å². The van der Waals surface area contributed by atoms with Crippen LogP contribution < -0.4 is 19.8 Å². The quantitative estimate of drug-likeness (QED) is 0.424. The van der Waals surface area contributed by atoms with Gasteiger partial charge in [0, 0.05) is 38.2 Å². The van der Waals surface area contributed by atoms with Crippen molar-refractivity contribution in [2.24, 2.45) is 11.3 Å². The molecule has 4 aliphatic rings. The number of hydrogen-bond acceptors (Lipinski definition) is 9. The first-order valence-corrected chi connectivity index (χ1v) is 17.2. The van der Waals surface area contributed by atoms with Gasteiger partial charge in [-0.2, -0.15) is 21.6 Å². The standard InChI is InChI=1S/C31H39F3N6O5S/c1-29(2)18-20-6-4-15-35-23-7-3-8-25(36-23)46(43,44)38-27(41)21-9-10-24(37-26(21)40(29)19-20)39-16-11-22(28(39)42)45-17-5-12-30(13-14-30)31(32,33)34/h3,7-10,20,22H,4-6,11-19H2,1-2H3,(H,35,36)(H,38,41)/t20-,22+/m0/s1. The van der Waals surface area contributed by atoms with Crippen LogP contribution in [-0.2, 0) is 19.6 Å². The van der Waals surface area contributed by atoms with Crippen molar-refractivity contribution < 1.29 is 35.9 Å². The maximum atomic E-state index is 13.6. The van der Waals surface area contributed by atoms with E-state index in [9.17, 15) is 31.2 Å². The molecular formula is C31H39F3N6O5S. The molecule has 1 aliphatic carbocycles. The van der Waals surface area contributed by atoms with E-state index in [0.29, 0.717) is 25.3 Å². The highest BCUT2D eigenvalue weighted by Gasteiger charge is 2.62. The molecule has 2 aromatic heterocycles. The van der Waals surface area contributed by atoms with Crippen molar-refractivity contribution in [1.82, 2.24) is 14.7 Å². The average Bonchev–Trinajstić information content (AvgIpc) is 3.62. The molecule has 2 aromatic rings. The van der Waals surface area contributed by atoms with E-state index in [0.717, 1.165) is 19.3 Å². The third-order valence-corrected chi connectivity index (χ3v) is 10.9. The van der Waals surface area contributed by atoms with Crippen LogP contribution in [0.25, 0.3) is 0 Å². The van der Waals surface area contributed by atoms with Gasteiger partial charge in [-0.25, -0.2) is 14.7 Å². The Morgan fingerprint density at radius 3 is 2.61 bits per heavy atom. The Morgan fingerprint density at radius 1 is 1.09 bits per heavy atom. The summed E-state index contributed by atoms with van der Waals surface area (Å²) in [6.07, 6.45) is -1.69. The molecule has 2 N–H and O–H groups in total. The number of nitrogens with zero attached hydrogens (tertiary/aromatic N) is 4. The van der Waals surface area contributed by atoms with Gasteiger partial charge < -0.3 is 15.0 Å². The molecule has 5 heterocycles. The number of sulfonamides is 1. The van der Waals surface area contributed by atoms with Gasteiger partial charge in [-0.3, -0.25) is 14.5 Å². The van der Waals surface area contributed by atoms with Crippen LogP contribution in [0.1, 0.15) is 75.6 Å². The largest absolute Gasteiger partial charge is 0.394 e. The van der Waals surface area contributed by atoms with Crippen molar-refractivity contribution in [3.63, 3.8) is 0 Å². The van der Waals surface area contributed by atoms with Crippen molar-refractivity contribution in [2.45, 2.75) is 88.1 Å². The van der Waals surface area contributed by atoms with Gasteiger partial charge in [-0.05, 0) is 89.0 Å². The van der Waals surface area contributed by atoms with Gasteiger partial charge in [0.25, 0.3) is 21.8 Å². The van der Waals surface area contributed by atoms with E-state index in [4.69, 9.17) is 9.72 Å². The number of rotatable bonds is 6. The molecule has 0 spiro atoms. The summed E-state index contributed by atoms with van der Waals surface area (Å²) in [5.74, 6) is 0.0116. The number of halogens is 3. The summed E-state index contributed by atoms with van der Waals surface area (Å²) >= 11 is 0. The molecule has 4 bridgehead atoms. The van der Waals surface area contributed by atoms with Gasteiger partial charge in [-0.1, -0.05) is 6.07 Å². The lowest BCUT2D eigenvalue weighted by Gasteiger charge is -2.34. The molecule has 11 nitrogen and oxygen atoms in total. The lowest BCUT2D eigenvalue weighted by molar-refractivity contribution is -0.190. The van der Waals surface area contributed by atoms with Crippen LogP contribution in [0, 0.1) is 11.3 Å². The van der Waals surface area contributed by atoms with Crippen LogP contribution in [0.4, 0.5) is 30.6 Å². The second-order valence-electron chi connectivity index (χ2n) is 13.4. The van der Waals surface area contributed by atoms with Crippen molar-refractivity contribution in [2.75, 3.05) is 41.4 Å². The minimum absolute atomic E-state index is 0.0179. The Morgan fingerprint density at radius 2 is 1.87 bits per heavy atom. The molecule has 2 amide bonds. The zero-order valence-electron chi connectivity index (χ0n) is 25.9. The summed E-state index contributed by atoms with van der Waals surface area (Å²) in [7, 11) is -4.32. The Balaban J connectivity index is 1.24. The van der Waals surface area contributed by atoms with Crippen LogP contribution in [0.5, 0.6) is 0 Å². The SMILES string of the molecule is CC1(C)C[C@@H]2CCCNc3cccc(n3)S(=O)(=O)NC(=O)c3ccc(N4CC[C@@H](OCCCC5(C(F)(F)F)CC5)C4=O)nc3N1C2. The van der Waals surface area contributed by atoms with Gasteiger partial charge >= 0.3 is 6.18 Å². The van der Waals surface area contributed by atoms with Crippen LogP contribution in [0.15, 0.2) is 35.4 Å². The number of pyridine rings is 2. The third kappa shape index (κ3) is 6.40. The third-order valence-electron chi connectivity index (χ3n) is 9.65. The lowest BCUT2D eigenvalue weighted by Crippen LogP contribution is -2.41. The zero-order valence-corrected chi connectivity index (χ0v) is 26.7. The molecule has 15 heteroatoms. The molecule has 1 saturated carbocycles. The van der Waals surface area contributed by atoms with Crippen molar-refractivity contribution >= 4 is 39.3 Å². The van der Waals surface area contributed by atoms with Gasteiger partial charge in [0.2, 0.25) is 0 Å². The number of carbonyl (C=O) groups excluding carboxylic acids is 2. The molecule has 46 heavy (non-hydrogen) atoms. The minimum Gasteiger partial charge on any atom is -0.370 e. The second-order valence-corrected chi connectivity index (χ2v) is 15.0. The normalized spacial score (nSPS) is 25.2. The number of fused-ring (bicyclic) bond motifs is 6. The number of alkyl halides is 3. The molecule has 6 rings (SSSR count). The summed E-state index contributed by atoms with van der Waals surface area (Å²) < 4.78 is 74.1. The van der Waals surface area contributed by atoms with E-state index in [1.54, 1.807) is 12.1 Å². The number of anilines is 3. The smallest absolute Gasteiger partial charge is 0.370 e. The first-order chi connectivity index (χ1) is 21.7. The van der Waals surface area contributed by atoms with E-state index in [1.807, 2.05) is 18.7 Å². The molecule has 3 fully saturated rings. The summed E-state index contributed by atoms with van der Waals surface area (Å²) in [6, 6.07) is 7.52. The molecule has 2 atom stereocenters. The Bertz CT molecular complexity index is 1610. The molecule has 0 unspecified atom stereocenters. The average molecular weight is 665 g/mol. The Kier molecular flexibility index (Phi) is 8.45. The number of carbonyl (C=O) groups is 2. The number of aromatic nitrogens is 2. The van der Waals surface area contributed by atoms with Gasteiger partial charge in [0.1, 0.15) is 23.6 Å². The first kappa shape index (κ1) is 32.5. The fourth-order valence-corrected chi connectivity index (χ4v) is 7.86.